The van der Waals surface area contributed by atoms with Gasteiger partial charge in [0.2, 0.25) is 5.91 Å². The Morgan fingerprint density at radius 1 is 1.47 bits per heavy atom. The van der Waals surface area contributed by atoms with Crippen molar-refractivity contribution in [2.24, 2.45) is 0 Å². The lowest BCUT2D eigenvalue weighted by molar-refractivity contribution is -0.116. The summed E-state index contributed by atoms with van der Waals surface area (Å²) in [4.78, 5) is 22.1. The van der Waals surface area contributed by atoms with Crippen LogP contribution in [0.4, 0.5) is 10.1 Å². The summed E-state index contributed by atoms with van der Waals surface area (Å²) in [5.41, 5.74) is -0.624. The van der Waals surface area contributed by atoms with Gasteiger partial charge in [0.15, 0.2) is 0 Å². The van der Waals surface area contributed by atoms with E-state index in [0.717, 1.165) is 6.07 Å². The van der Waals surface area contributed by atoms with Crippen molar-refractivity contribution >= 4 is 17.6 Å². The number of aromatic carboxylic acids is 1. The Labute approximate surface area is 97.5 Å². The van der Waals surface area contributed by atoms with Crippen molar-refractivity contribution in [1.82, 2.24) is 0 Å². The highest BCUT2D eigenvalue weighted by molar-refractivity contribution is 6.00. The highest BCUT2D eigenvalue weighted by Crippen LogP contribution is 2.19. The third kappa shape index (κ3) is 3.31. The van der Waals surface area contributed by atoms with E-state index < -0.39 is 23.3 Å². The summed E-state index contributed by atoms with van der Waals surface area (Å²) in [6.45, 7) is 0. The Morgan fingerprint density at radius 3 is 2.76 bits per heavy atom. The van der Waals surface area contributed by atoms with Gasteiger partial charge in [-0.3, -0.25) is 4.79 Å². The number of carbonyl (C=O) groups is 2. The Hall–Kier alpha value is -2.35. The van der Waals surface area contributed by atoms with E-state index in [-0.39, 0.29) is 18.5 Å². The van der Waals surface area contributed by atoms with Crippen molar-refractivity contribution in [1.29, 1.82) is 0 Å². The molecule has 0 radical (unpaired) electrons. The van der Waals surface area contributed by atoms with E-state index in [9.17, 15) is 14.0 Å². The summed E-state index contributed by atoms with van der Waals surface area (Å²) in [5.74, 6) is -0.497. The molecule has 1 aromatic carbocycles. The van der Waals surface area contributed by atoms with Crippen molar-refractivity contribution in [3.05, 3.63) is 29.6 Å². The van der Waals surface area contributed by atoms with Crippen LogP contribution in [0.5, 0.6) is 0 Å². The molecule has 0 aliphatic carbocycles. The number of nitrogens with one attached hydrogen (secondary N) is 1. The van der Waals surface area contributed by atoms with Crippen LogP contribution in [0.2, 0.25) is 0 Å². The molecule has 2 N–H and O–H groups in total. The lowest BCUT2D eigenvalue weighted by Gasteiger charge is -2.08. The minimum Gasteiger partial charge on any atom is -0.478 e. The molecule has 5 heteroatoms. The first-order valence-corrected chi connectivity index (χ1v) is 4.81. The van der Waals surface area contributed by atoms with Crippen LogP contribution in [0, 0.1) is 18.2 Å². The molecular weight excluding hydrogens is 225 g/mol. The number of hydrogen-bond acceptors (Lipinski definition) is 2. The molecule has 0 fully saturated rings. The van der Waals surface area contributed by atoms with E-state index in [1.165, 1.54) is 12.1 Å². The Bertz CT molecular complexity index is 491. The van der Waals surface area contributed by atoms with Crippen molar-refractivity contribution < 1.29 is 19.1 Å². The van der Waals surface area contributed by atoms with Crippen LogP contribution in [0.3, 0.4) is 0 Å². The molecule has 17 heavy (non-hydrogen) atoms. The van der Waals surface area contributed by atoms with Gasteiger partial charge >= 0.3 is 5.97 Å². The quantitative estimate of drug-likeness (QED) is 0.783. The SMILES string of the molecule is C#CCCC(=O)Nc1cccc(F)c1C(=O)O. The molecule has 0 heterocycles. The third-order valence-electron chi connectivity index (χ3n) is 2.00. The average Bonchev–Trinajstić information content (AvgIpc) is 2.25. The normalized spacial score (nSPS) is 9.41. The summed E-state index contributed by atoms with van der Waals surface area (Å²) in [7, 11) is 0. The molecule has 0 aliphatic heterocycles. The summed E-state index contributed by atoms with van der Waals surface area (Å²) >= 11 is 0. The summed E-state index contributed by atoms with van der Waals surface area (Å²) < 4.78 is 13.2. The predicted molar refractivity (Wildman–Crippen MR) is 60.1 cm³/mol. The van der Waals surface area contributed by atoms with E-state index in [0.29, 0.717) is 0 Å². The first-order valence-electron chi connectivity index (χ1n) is 4.81. The smallest absolute Gasteiger partial charge is 0.340 e. The molecule has 0 bridgehead atoms. The zero-order valence-corrected chi connectivity index (χ0v) is 8.87. The summed E-state index contributed by atoms with van der Waals surface area (Å²) in [5, 5.41) is 11.1. The average molecular weight is 235 g/mol. The van der Waals surface area contributed by atoms with E-state index in [1.54, 1.807) is 0 Å². The second kappa shape index (κ2) is 5.66. The maximum atomic E-state index is 13.2. The number of anilines is 1. The molecule has 0 aromatic heterocycles. The molecule has 88 valence electrons. The summed E-state index contributed by atoms with van der Waals surface area (Å²) in [6, 6.07) is 3.65. The number of carboxylic acid groups (broad SMARTS) is 1. The lowest BCUT2D eigenvalue weighted by atomic mass is 10.1. The molecular formula is C12H10FNO3. The highest BCUT2D eigenvalue weighted by atomic mass is 19.1. The molecule has 0 aliphatic rings. The van der Waals surface area contributed by atoms with E-state index in [2.05, 4.69) is 11.2 Å². The molecule has 0 unspecified atom stereocenters. The number of hydrogen-bond donors (Lipinski definition) is 2. The minimum atomic E-state index is -1.43. The standard InChI is InChI=1S/C12H10FNO3/c1-2-3-7-10(15)14-9-6-4-5-8(13)11(9)12(16)17/h1,4-6H,3,7H2,(H,14,15)(H,16,17). The maximum absolute atomic E-state index is 13.2. The second-order valence-electron chi connectivity index (χ2n) is 3.22. The van der Waals surface area contributed by atoms with Crippen LogP contribution < -0.4 is 5.32 Å². The van der Waals surface area contributed by atoms with Crippen molar-refractivity contribution in [2.45, 2.75) is 12.8 Å². The Balaban J connectivity index is 2.92. The van der Waals surface area contributed by atoms with E-state index in [4.69, 9.17) is 11.5 Å². The van der Waals surface area contributed by atoms with Gasteiger partial charge in [0.05, 0.1) is 5.69 Å². The fourth-order valence-corrected chi connectivity index (χ4v) is 1.24. The molecule has 0 saturated carbocycles. The van der Waals surface area contributed by atoms with Crippen LogP contribution in [0.1, 0.15) is 23.2 Å². The Morgan fingerprint density at radius 2 is 2.18 bits per heavy atom. The molecule has 1 aromatic rings. The first-order chi connectivity index (χ1) is 8.06. The third-order valence-corrected chi connectivity index (χ3v) is 2.00. The summed E-state index contributed by atoms with van der Waals surface area (Å²) in [6.07, 6.45) is 5.29. The molecule has 1 rings (SSSR count). The second-order valence-corrected chi connectivity index (χ2v) is 3.22. The van der Waals surface area contributed by atoms with Crippen molar-refractivity contribution in [2.75, 3.05) is 5.32 Å². The fourth-order valence-electron chi connectivity index (χ4n) is 1.24. The van der Waals surface area contributed by atoms with Gasteiger partial charge in [-0.25, -0.2) is 9.18 Å². The zero-order chi connectivity index (χ0) is 12.8. The van der Waals surface area contributed by atoms with Crippen LogP contribution in [0.15, 0.2) is 18.2 Å². The van der Waals surface area contributed by atoms with Gasteiger partial charge in [-0.2, -0.15) is 0 Å². The molecule has 4 nitrogen and oxygen atoms in total. The molecule has 0 spiro atoms. The molecule has 0 saturated heterocycles. The number of benzene rings is 1. The van der Waals surface area contributed by atoms with Gasteiger partial charge in [0.1, 0.15) is 11.4 Å². The van der Waals surface area contributed by atoms with Crippen LogP contribution in [-0.4, -0.2) is 17.0 Å². The predicted octanol–water partition coefficient (Wildman–Crippen LogP) is 1.88. The topological polar surface area (TPSA) is 66.4 Å². The molecule has 1 amide bonds. The minimum absolute atomic E-state index is 0.0616. The number of carbonyl (C=O) groups excluding carboxylic acids is 1. The van der Waals surface area contributed by atoms with Gasteiger partial charge in [0, 0.05) is 12.8 Å². The monoisotopic (exact) mass is 235 g/mol. The largest absolute Gasteiger partial charge is 0.478 e. The number of terminal acetylenes is 1. The zero-order valence-electron chi connectivity index (χ0n) is 8.87. The number of amides is 1. The maximum Gasteiger partial charge on any atom is 0.340 e. The van der Waals surface area contributed by atoms with Crippen molar-refractivity contribution in [3.8, 4) is 12.3 Å². The fraction of sp³-hybridized carbons (Fsp3) is 0.167. The van der Waals surface area contributed by atoms with Gasteiger partial charge in [-0.1, -0.05) is 6.07 Å². The van der Waals surface area contributed by atoms with Crippen molar-refractivity contribution in [3.63, 3.8) is 0 Å². The van der Waals surface area contributed by atoms with E-state index >= 15 is 0 Å². The number of carboxylic acids is 1. The molecule has 0 atom stereocenters. The van der Waals surface area contributed by atoms with Gasteiger partial charge in [-0.15, -0.1) is 12.3 Å². The van der Waals surface area contributed by atoms with Gasteiger partial charge < -0.3 is 10.4 Å². The lowest BCUT2D eigenvalue weighted by Crippen LogP contribution is -2.15. The Kier molecular flexibility index (Phi) is 4.23. The van der Waals surface area contributed by atoms with Crippen LogP contribution >= 0.6 is 0 Å². The van der Waals surface area contributed by atoms with E-state index in [1.807, 2.05) is 0 Å². The first kappa shape index (κ1) is 12.7. The van der Waals surface area contributed by atoms with Crippen LogP contribution in [-0.2, 0) is 4.79 Å². The van der Waals surface area contributed by atoms with Crippen LogP contribution in [0.25, 0.3) is 0 Å². The number of rotatable bonds is 4. The van der Waals surface area contributed by atoms with Gasteiger partial charge in [0.25, 0.3) is 0 Å². The van der Waals surface area contributed by atoms with Gasteiger partial charge in [-0.05, 0) is 12.1 Å². The number of halogens is 1. The highest BCUT2D eigenvalue weighted by Gasteiger charge is 2.16.